The maximum atomic E-state index is 11.0. The second-order valence-electron chi connectivity index (χ2n) is 4.78. The molecule has 1 aromatic carbocycles. The molecule has 17 heavy (non-hydrogen) atoms. The minimum Gasteiger partial charge on any atom is -0.382 e. The smallest absolute Gasteiger partial charge is 0.221 e. The van der Waals surface area contributed by atoms with Gasteiger partial charge in [-0.1, -0.05) is 0 Å². The Bertz CT molecular complexity index is 425. The molecule has 4 heteroatoms. The number of carbonyl (C=O) groups is 1. The molecule has 0 bridgehead atoms. The Morgan fingerprint density at radius 1 is 1.41 bits per heavy atom. The fourth-order valence-electron chi connectivity index (χ4n) is 2.10. The molecule has 0 spiro atoms. The summed E-state index contributed by atoms with van der Waals surface area (Å²) in [5.41, 5.74) is 8.77. The van der Waals surface area contributed by atoms with Crippen LogP contribution in [0.3, 0.4) is 0 Å². The predicted molar refractivity (Wildman–Crippen MR) is 70.1 cm³/mol. The highest BCUT2D eigenvalue weighted by atomic mass is 16.1. The van der Waals surface area contributed by atoms with Crippen LogP contribution < -0.4 is 16.4 Å². The topological polar surface area (TPSA) is 67.2 Å². The van der Waals surface area contributed by atoms with Gasteiger partial charge in [0, 0.05) is 30.4 Å². The number of anilines is 2. The molecule has 92 valence electrons. The van der Waals surface area contributed by atoms with Gasteiger partial charge >= 0.3 is 0 Å². The van der Waals surface area contributed by atoms with Crippen molar-refractivity contribution >= 4 is 17.3 Å². The predicted octanol–water partition coefficient (Wildman–Crippen LogP) is 1.86. The number of carbonyl (C=O) groups excluding carboxylic acids is 1. The average molecular weight is 233 g/mol. The van der Waals surface area contributed by atoms with Gasteiger partial charge in [-0.25, -0.2) is 0 Å². The lowest BCUT2D eigenvalue weighted by molar-refractivity contribution is -0.114. The van der Waals surface area contributed by atoms with Crippen molar-refractivity contribution in [3.63, 3.8) is 0 Å². The Kier molecular flexibility index (Phi) is 3.33. The molecular formula is C13H19N3O. The Balaban J connectivity index is 2.00. The maximum absolute atomic E-state index is 11.0. The van der Waals surface area contributed by atoms with Crippen molar-refractivity contribution in [1.29, 1.82) is 0 Å². The lowest BCUT2D eigenvalue weighted by atomic mass is 9.87. The van der Waals surface area contributed by atoms with E-state index < -0.39 is 0 Å². The average Bonchev–Trinajstić information content (AvgIpc) is 2.19. The molecule has 1 fully saturated rings. The number of nitrogens with one attached hydrogen (secondary N) is 2. The molecule has 1 aromatic rings. The van der Waals surface area contributed by atoms with Crippen molar-refractivity contribution in [3.05, 3.63) is 23.8 Å². The Morgan fingerprint density at radius 2 is 2.12 bits per heavy atom. The van der Waals surface area contributed by atoms with Crippen LogP contribution in [-0.4, -0.2) is 18.0 Å². The van der Waals surface area contributed by atoms with E-state index in [9.17, 15) is 4.79 Å². The molecule has 4 nitrogen and oxygen atoms in total. The monoisotopic (exact) mass is 233 g/mol. The number of rotatable bonds is 3. The SMILES string of the molecule is CC(=O)Nc1ccc(NC2CC(N)C2)cc1C. The molecular weight excluding hydrogens is 214 g/mol. The van der Waals surface area contributed by atoms with Gasteiger partial charge in [-0.15, -0.1) is 0 Å². The van der Waals surface area contributed by atoms with Crippen LogP contribution in [0.25, 0.3) is 0 Å². The zero-order valence-electron chi connectivity index (χ0n) is 10.3. The fourth-order valence-corrected chi connectivity index (χ4v) is 2.10. The molecule has 0 heterocycles. The van der Waals surface area contributed by atoms with Gasteiger partial charge in [0.25, 0.3) is 0 Å². The standard InChI is InChI=1S/C13H19N3O/c1-8-5-11(16-12-6-10(14)7-12)3-4-13(8)15-9(2)17/h3-5,10,12,16H,6-7,14H2,1-2H3,(H,15,17). The Morgan fingerprint density at radius 3 is 2.65 bits per heavy atom. The van der Waals surface area contributed by atoms with Crippen LogP contribution in [0.4, 0.5) is 11.4 Å². The normalized spacial score (nSPS) is 22.8. The number of benzene rings is 1. The molecule has 1 amide bonds. The van der Waals surface area contributed by atoms with E-state index in [1.807, 2.05) is 19.1 Å². The lowest BCUT2D eigenvalue weighted by Gasteiger charge is -2.34. The first kappa shape index (κ1) is 11.9. The number of nitrogens with two attached hydrogens (primary N) is 1. The minimum absolute atomic E-state index is 0.0428. The third-order valence-corrected chi connectivity index (χ3v) is 3.08. The van der Waals surface area contributed by atoms with Crippen LogP contribution in [0.2, 0.25) is 0 Å². The van der Waals surface area contributed by atoms with E-state index in [0.717, 1.165) is 29.8 Å². The Hall–Kier alpha value is -1.55. The molecule has 1 aliphatic carbocycles. The van der Waals surface area contributed by atoms with Gasteiger partial charge in [0.2, 0.25) is 5.91 Å². The van der Waals surface area contributed by atoms with E-state index in [4.69, 9.17) is 5.73 Å². The van der Waals surface area contributed by atoms with Gasteiger partial charge in [-0.3, -0.25) is 4.79 Å². The van der Waals surface area contributed by atoms with Crippen molar-refractivity contribution in [1.82, 2.24) is 0 Å². The highest BCUT2D eigenvalue weighted by molar-refractivity contribution is 5.89. The zero-order valence-corrected chi connectivity index (χ0v) is 10.3. The lowest BCUT2D eigenvalue weighted by Crippen LogP contribution is -2.44. The van der Waals surface area contributed by atoms with Crippen LogP contribution in [-0.2, 0) is 4.79 Å². The van der Waals surface area contributed by atoms with E-state index in [1.54, 1.807) is 0 Å². The minimum atomic E-state index is -0.0428. The summed E-state index contributed by atoms with van der Waals surface area (Å²) in [7, 11) is 0. The molecule has 1 saturated carbocycles. The molecule has 1 aliphatic rings. The van der Waals surface area contributed by atoms with Gasteiger partial charge in [0.05, 0.1) is 0 Å². The molecule has 0 atom stereocenters. The summed E-state index contributed by atoms with van der Waals surface area (Å²) >= 11 is 0. The van der Waals surface area contributed by atoms with Gasteiger partial charge in [-0.2, -0.15) is 0 Å². The molecule has 2 rings (SSSR count). The number of hydrogen-bond acceptors (Lipinski definition) is 3. The van der Waals surface area contributed by atoms with Crippen molar-refractivity contribution in [3.8, 4) is 0 Å². The van der Waals surface area contributed by atoms with E-state index in [-0.39, 0.29) is 5.91 Å². The second-order valence-corrected chi connectivity index (χ2v) is 4.78. The van der Waals surface area contributed by atoms with E-state index in [0.29, 0.717) is 12.1 Å². The van der Waals surface area contributed by atoms with Crippen molar-refractivity contribution in [2.75, 3.05) is 10.6 Å². The summed E-state index contributed by atoms with van der Waals surface area (Å²) in [5.74, 6) is -0.0428. The fraction of sp³-hybridized carbons (Fsp3) is 0.462. The Labute approximate surface area is 102 Å². The molecule has 0 aliphatic heterocycles. The summed E-state index contributed by atoms with van der Waals surface area (Å²) in [5, 5.41) is 6.24. The first-order valence-electron chi connectivity index (χ1n) is 5.95. The van der Waals surface area contributed by atoms with Crippen molar-refractivity contribution in [2.24, 2.45) is 5.73 Å². The first-order chi connectivity index (χ1) is 8.04. The summed E-state index contributed by atoms with van der Waals surface area (Å²) in [6.45, 7) is 3.50. The molecule has 4 N–H and O–H groups in total. The molecule has 0 saturated heterocycles. The van der Waals surface area contributed by atoms with Crippen molar-refractivity contribution in [2.45, 2.75) is 38.8 Å². The summed E-state index contributed by atoms with van der Waals surface area (Å²) in [6, 6.07) is 6.82. The van der Waals surface area contributed by atoms with E-state index >= 15 is 0 Å². The van der Waals surface area contributed by atoms with Gasteiger partial charge in [-0.05, 0) is 43.5 Å². The number of aryl methyl sites for hydroxylation is 1. The highest BCUT2D eigenvalue weighted by Gasteiger charge is 2.25. The second kappa shape index (κ2) is 4.75. The number of amides is 1. The summed E-state index contributed by atoms with van der Waals surface area (Å²) in [6.07, 6.45) is 2.07. The number of hydrogen-bond donors (Lipinski definition) is 3. The van der Waals surface area contributed by atoms with Crippen LogP contribution in [0.1, 0.15) is 25.3 Å². The quantitative estimate of drug-likeness (QED) is 0.746. The summed E-state index contributed by atoms with van der Waals surface area (Å²) < 4.78 is 0. The van der Waals surface area contributed by atoms with Gasteiger partial charge in [0.15, 0.2) is 0 Å². The molecule has 0 aromatic heterocycles. The van der Waals surface area contributed by atoms with Crippen LogP contribution in [0.5, 0.6) is 0 Å². The van der Waals surface area contributed by atoms with Crippen LogP contribution in [0, 0.1) is 6.92 Å². The van der Waals surface area contributed by atoms with Crippen molar-refractivity contribution < 1.29 is 4.79 Å². The molecule has 0 unspecified atom stereocenters. The van der Waals surface area contributed by atoms with E-state index in [1.165, 1.54) is 6.92 Å². The first-order valence-corrected chi connectivity index (χ1v) is 5.95. The van der Waals surface area contributed by atoms with Gasteiger partial charge in [0.1, 0.15) is 0 Å². The largest absolute Gasteiger partial charge is 0.382 e. The zero-order chi connectivity index (χ0) is 12.4. The van der Waals surface area contributed by atoms with Crippen LogP contribution >= 0.6 is 0 Å². The summed E-state index contributed by atoms with van der Waals surface area (Å²) in [4.78, 5) is 11.0. The van der Waals surface area contributed by atoms with Gasteiger partial charge < -0.3 is 16.4 Å². The third kappa shape index (κ3) is 2.97. The maximum Gasteiger partial charge on any atom is 0.221 e. The molecule has 0 radical (unpaired) electrons. The third-order valence-electron chi connectivity index (χ3n) is 3.08. The highest BCUT2D eigenvalue weighted by Crippen LogP contribution is 2.25. The van der Waals surface area contributed by atoms with E-state index in [2.05, 4.69) is 16.7 Å². The van der Waals surface area contributed by atoms with Crippen LogP contribution in [0.15, 0.2) is 18.2 Å².